The van der Waals surface area contributed by atoms with Crippen molar-refractivity contribution >= 4 is 27.0 Å². The molecule has 0 saturated carbocycles. The molecule has 1 aromatic heterocycles. The van der Waals surface area contributed by atoms with Gasteiger partial charge in [0.1, 0.15) is 0 Å². The molecular formula is C19H22N4O4S. The van der Waals surface area contributed by atoms with E-state index in [0.29, 0.717) is 23.1 Å². The van der Waals surface area contributed by atoms with Crippen LogP contribution in [0.15, 0.2) is 52.2 Å². The number of fused-ring (bicyclic) bond motifs is 1. The molecule has 0 aliphatic carbocycles. The Morgan fingerprint density at radius 1 is 1.00 bits per heavy atom. The molecule has 0 saturated heterocycles. The summed E-state index contributed by atoms with van der Waals surface area (Å²) in [6.45, 7) is 2.47. The predicted molar refractivity (Wildman–Crippen MR) is 107 cm³/mol. The number of aryl methyl sites for hydroxylation is 2. The monoisotopic (exact) mass is 402 g/mol. The molecule has 9 heteroatoms. The maximum atomic E-state index is 12.6. The second-order valence-electron chi connectivity index (χ2n) is 6.43. The van der Waals surface area contributed by atoms with Gasteiger partial charge in [0.25, 0.3) is 5.91 Å². The molecule has 2 aromatic carbocycles. The molecule has 3 rings (SSSR count). The van der Waals surface area contributed by atoms with Crippen LogP contribution in [0.3, 0.4) is 0 Å². The van der Waals surface area contributed by atoms with E-state index in [2.05, 4.69) is 10.0 Å². The second kappa shape index (κ2) is 7.61. The van der Waals surface area contributed by atoms with Crippen molar-refractivity contribution in [2.75, 3.05) is 6.54 Å². The van der Waals surface area contributed by atoms with Crippen LogP contribution in [-0.4, -0.2) is 30.0 Å². The Kier molecular flexibility index (Phi) is 5.39. The summed E-state index contributed by atoms with van der Waals surface area (Å²) in [6, 6.07) is 11.3. The van der Waals surface area contributed by atoms with Gasteiger partial charge in [-0.2, -0.15) is 0 Å². The highest BCUT2D eigenvalue weighted by molar-refractivity contribution is 7.89. The van der Waals surface area contributed by atoms with Crippen LogP contribution in [0.5, 0.6) is 0 Å². The molecule has 0 unspecified atom stereocenters. The summed E-state index contributed by atoms with van der Waals surface area (Å²) in [7, 11) is -0.517. The quantitative estimate of drug-likeness (QED) is 0.645. The normalized spacial score (nSPS) is 11.7. The van der Waals surface area contributed by atoms with Gasteiger partial charge in [0.15, 0.2) is 0 Å². The summed E-state index contributed by atoms with van der Waals surface area (Å²) in [5, 5.41) is 2.71. The Morgan fingerprint density at radius 2 is 1.64 bits per heavy atom. The SMILES string of the molecule is CCNC(=O)c1ccc(CNS(=O)(=O)c2ccc3c(c2)n(C)c(=O)n3C)cc1. The first-order valence-electron chi connectivity index (χ1n) is 8.77. The average molecular weight is 402 g/mol. The Balaban J connectivity index is 1.79. The van der Waals surface area contributed by atoms with E-state index in [0.717, 1.165) is 5.56 Å². The summed E-state index contributed by atoms with van der Waals surface area (Å²) in [5.74, 6) is -0.170. The Labute approximate surface area is 162 Å². The van der Waals surface area contributed by atoms with Crippen molar-refractivity contribution in [1.29, 1.82) is 0 Å². The fourth-order valence-corrected chi connectivity index (χ4v) is 3.99. The van der Waals surface area contributed by atoms with Crippen molar-refractivity contribution < 1.29 is 13.2 Å². The van der Waals surface area contributed by atoms with Crippen molar-refractivity contribution in [2.24, 2.45) is 14.1 Å². The first-order valence-corrected chi connectivity index (χ1v) is 10.2. The molecule has 0 bridgehead atoms. The van der Waals surface area contributed by atoms with Crippen molar-refractivity contribution in [2.45, 2.75) is 18.4 Å². The van der Waals surface area contributed by atoms with Crippen molar-refractivity contribution in [1.82, 2.24) is 19.2 Å². The number of benzene rings is 2. The summed E-state index contributed by atoms with van der Waals surface area (Å²) in [4.78, 5) is 23.9. The third-order valence-electron chi connectivity index (χ3n) is 4.57. The number of aromatic nitrogens is 2. The maximum absolute atomic E-state index is 12.6. The number of nitrogens with one attached hydrogen (secondary N) is 2. The smallest absolute Gasteiger partial charge is 0.328 e. The van der Waals surface area contributed by atoms with Gasteiger partial charge in [0.2, 0.25) is 10.0 Å². The first kappa shape index (κ1) is 19.8. The Hall–Kier alpha value is -2.91. The molecule has 0 aliphatic heterocycles. The van der Waals surface area contributed by atoms with Gasteiger partial charge in [0, 0.05) is 32.7 Å². The van der Waals surface area contributed by atoms with E-state index in [-0.39, 0.29) is 23.0 Å². The van der Waals surface area contributed by atoms with Crippen molar-refractivity contribution in [3.05, 3.63) is 64.1 Å². The molecule has 2 N–H and O–H groups in total. The van der Waals surface area contributed by atoms with Crippen LogP contribution in [-0.2, 0) is 30.7 Å². The van der Waals surface area contributed by atoms with E-state index in [4.69, 9.17) is 0 Å². The summed E-state index contributed by atoms with van der Waals surface area (Å²) in [6.07, 6.45) is 0. The number of carbonyl (C=O) groups excluding carboxylic acids is 1. The largest absolute Gasteiger partial charge is 0.352 e. The number of carbonyl (C=O) groups is 1. The molecule has 148 valence electrons. The Morgan fingerprint density at radius 3 is 2.29 bits per heavy atom. The fourth-order valence-electron chi connectivity index (χ4n) is 2.95. The van der Waals surface area contributed by atoms with E-state index in [9.17, 15) is 18.0 Å². The lowest BCUT2D eigenvalue weighted by atomic mass is 10.1. The van der Waals surface area contributed by atoms with Gasteiger partial charge in [-0.1, -0.05) is 12.1 Å². The molecule has 0 atom stereocenters. The minimum atomic E-state index is -3.76. The van der Waals surface area contributed by atoms with Crippen LogP contribution in [0.1, 0.15) is 22.8 Å². The second-order valence-corrected chi connectivity index (χ2v) is 8.20. The number of hydrogen-bond donors (Lipinski definition) is 2. The van der Waals surface area contributed by atoms with Gasteiger partial charge in [-0.25, -0.2) is 17.9 Å². The topological polar surface area (TPSA) is 102 Å². The number of nitrogens with zero attached hydrogens (tertiary/aromatic N) is 2. The molecule has 0 spiro atoms. The van der Waals surface area contributed by atoms with Gasteiger partial charge in [-0.05, 0) is 42.8 Å². The molecule has 0 radical (unpaired) electrons. The highest BCUT2D eigenvalue weighted by atomic mass is 32.2. The molecule has 1 heterocycles. The minimum absolute atomic E-state index is 0.0835. The number of rotatable bonds is 6. The highest BCUT2D eigenvalue weighted by Gasteiger charge is 2.17. The predicted octanol–water partition coefficient (Wildman–Crippen LogP) is 1.11. The third kappa shape index (κ3) is 3.71. The van der Waals surface area contributed by atoms with Crippen LogP contribution in [0.25, 0.3) is 11.0 Å². The van der Waals surface area contributed by atoms with Crippen LogP contribution < -0.4 is 15.7 Å². The van der Waals surface area contributed by atoms with Gasteiger partial charge in [-0.15, -0.1) is 0 Å². The van der Waals surface area contributed by atoms with E-state index in [1.807, 2.05) is 6.92 Å². The van der Waals surface area contributed by atoms with Crippen LogP contribution in [0, 0.1) is 0 Å². The van der Waals surface area contributed by atoms with Gasteiger partial charge < -0.3 is 5.32 Å². The molecule has 0 fully saturated rings. The van der Waals surface area contributed by atoms with E-state index >= 15 is 0 Å². The van der Waals surface area contributed by atoms with Crippen molar-refractivity contribution in [3.8, 4) is 0 Å². The number of sulfonamides is 1. The lowest BCUT2D eigenvalue weighted by Gasteiger charge is -2.08. The highest BCUT2D eigenvalue weighted by Crippen LogP contribution is 2.18. The Bertz CT molecular complexity index is 1190. The zero-order valence-electron chi connectivity index (χ0n) is 15.9. The average Bonchev–Trinajstić information content (AvgIpc) is 2.91. The number of hydrogen-bond acceptors (Lipinski definition) is 4. The molecule has 8 nitrogen and oxygen atoms in total. The molecule has 3 aromatic rings. The summed E-state index contributed by atoms with van der Waals surface area (Å²) >= 11 is 0. The van der Waals surface area contributed by atoms with Crippen LogP contribution >= 0.6 is 0 Å². The van der Waals surface area contributed by atoms with Gasteiger partial charge >= 0.3 is 5.69 Å². The van der Waals surface area contributed by atoms with E-state index in [1.54, 1.807) is 44.4 Å². The fraction of sp³-hybridized carbons (Fsp3) is 0.263. The molecule has 1 amide bonds. The summed E-state index contributed by atoms with van der Waals surface area (Å²) in [5.41, 5.74) is 2.23. The number of imidazole rings is 1. The number of amides is 1. The summed E-state index contributed by atoms with van der Waals surface area (Å²) < 4.78 is 30.7. The van der Waals surface area contributed by atoms with Crippen molar-refractivity contribution in [3.63, 3.8) is 0 Å². The van der Waals surface area contributed by atoms with Gasteiger partial charge in [0.05, 0.1) is 15.9 Å². The molecular weight excluding hydrogens is 380 g/mol. The van der Waals surface area contributed by atoms with E-state index < -0.39 is 10.0 Å². The zero-order chi connectivity index (χ0) is 20.5. The van der Waals surface area contributed by atoms with Gasteiger partial charge in [-0.3, -0.25) is 13.9 Å². The third-order valence-corrected chi connectivity index (χ3v) is 5.97. The maximum Gasteiger partial charge on any atom is 0.328 e. The zero-order valence-corrected chi connectivity index (χ0v) is 16.7. The molecule has 0 aliphatic rings. The van der Waals surface area contributed by atoms with E-state index in [1.165, 1.54) is 21.3 Å². The first-order chi connectivity index (χ1) is 13.2. The lowest BCUT2D eigenvalue weighted by molar-refractivity contribution is 0.0956. The minimum Gasteiger partial charge on any atom is -0.352 e. The standard InChI is InChI=1S/C19H22N4O4S/c1-4-20-18(24)14-7-5-13(6-8-14)12-21-28(26,27)15-9-10-16-17(11-15)23(3)19(25)22(16)2/h5-11,21H,4,12H2,1-3H3,(H,20,24). The lowest BCUT2D eigenvalue weighted by Crippen LogP contribution is -2.24. The molecule has 28 heavy (non-hydrogen) atoms. The van der Waals surface area contributed by atoms with Crippen LogP contribution in [0.2, 0.25) is 0 Å². The van der Waals surface area contributed by atoms with Crippen LogP contribution in [0.4, 0.5) is 0 Å².